The van der Waals surface area contributed by atoms with Crippen molar-refractivity contribution in [3.8, 4) is 0 Å². The van der Waals surface area contributed by atoms with E-state index < -0.39 is 11.7 Å². The molecule has 126 valence electrons. The third-order valence-corrected chi connectivity index (χ3v) is 3.24. The third kappa shape index (κ3) is 4.82. The van der Waals surface area contributed by atoms with E-state index in [9.17, 15) is 4.79 Å². The molecule has 0 saturated carbocycles. The van der Waals surface area contributed by atoms with Gasteiger partial charge in [0.25, 0.3) is 0 Å². The molecule has 8 heteroatoms. The minimum Gasteiger partial charge on any atom is -0.444 e. The maximum atomic E-state index is 11.8. The molecular weight excluding hydrogens is 296 g/mol. The lowest BCUT2D eigenvalue weighted by Gasteiger charge is -2.19. The molecule has 2 aromatic rings. The second kappa shape index (κ2) is 6.82. The molecule has 0 spiro atoms. The number of aromatic nitrogens is 4. The van der Waals surface area contributed by atoms with Gasteiger partial charge in [-0.3, -0.25) is 15.5 Å². The number of carbonyl (C=O) groups is 1. The molecule has 0 aromatic carbocycles. The Hall–Kier alpha value is -2.35. The van der Waals surface area contributed by atoms with E-state index in [0.29, 0.717) is 18.9 Å². The number of anilines is 1. The molecule has 1 amide bonds. The van der Waals surface area contributed by atoms with Crippen LogP contribution in [0.15, 0.2) is 6.20 Å². The van der Waals surface area contributed by atoms with Gasteiger partial charge in [-0.2, -0.15) is 10.2 Å². The van der Waals surface area contributed by atoms with Crippen molar-refractivity contribution >= 4 is 11.9 Å². The molecule has 0 atom stereocenters. The molecule has 4 N–H and O–H groups in total. The Morgan fingerprint density at radius 3 is 2.61 bits per heavy atom. The summed E-state index contributed by atoms with van der Waals surface area (Å²) in [6, 6.07) is 0. The Kier molecular flexibility index (Phi) is 5.05. The Balaban J connectivity index is 1.90. The highest BCUT2D eigenvalue weighted by molar-refractivity contribution is 5.84. The monoisotopic (exact) mass is 320 g/mol. The predicted octanol–water partition coefficient (Wildman–Crippen LogP) is 2.39. The van der Waals surface area contributed by atoms with E-state index in [4.69, 9.17) is 4.74 Å². The van der Waals surface area contributed by atoms with Crippen molar-refractivity contribution in [3.05, 3.63) is 28.7 Å². The zero-order valence-corrected chi connectivity index (χ0v) is 14.2. The summed E-state index contributed by atoms with van der Waals surface area (Å²) < 4.78 is 5.23. The zero-order chi connectivity index (χ0) is 17.0. The highest BCUT2D eigenvalue weighted by Crippen LogP contribution is 2.14. The topological polar surface area (TPSA) is 108 Å². The Morgan fingerprint density at radius 2 is 2.00 bits per heavy atom. The van der Waals surface area contributed by atoms with E-state index in [1.165, 1.54) is 0 Å². The lowest BCUT2D eigenvalue weighted by atomic mass is 10.2. The van der Waals surface area contributed by atoms with Gasteiger partial charge in [-0.05, 0) is 34.6 Å². The van der Waals surface area contributed by atoms with Gasteiger partial charge in [-0.15, -0.1) is 0 Å². The van der Waals surface area contributed by atoms with Crippen LogP contribution < -0.4 is 10.6 Å². The number of carbonyl (C=O) groups excluding carboxylic acids is 1. The number of amides is 1. The highest BCUT2D eigenvalue weighted by Gasteiger charge is 2.18. The average molecular weight is 320 g/mol. The van der Waals surface area contributed by atoms with E-state index in [-0.39, 0.29) is 0 Å². The molecule has 0 bridgehead atoms. The van der Waals surface area contributed by atoms with E-state index in [1.54, 1.807) is 6.20 Å². The van der Waals surface area contributed by atoms with Crippen LogP contribution in [0.5, 0.6) is 0 Å². The van der Waals surface area contributed by atoms with Crippen molar-refractivity contribution in [1.82, 2.24) is 25.7 Å². The van der Waals surface area contributed by atoms with E-state index in [0.717, 1.165) is 22.5 Å². The minimum atomic E-state index is -0.543. The van der Waals surface area contributed by atoms with Crippen molar-refractivity contribution in [3.63, 3.8) is 0 Å². The number of nitrogens with one attached hydrogen (secondary N) is 4. The normalized spacial score (nSPS) is 11.5. The van der Waals surface area contributed by atoms with Gasteiger partial charge in [-0.25, -0.2) is 4.79 Å². The summed E-state index contributed by atoms with van der Waals surface area (Å²) in [5.74, 6) is 0.535. The summed E-state index contributed by atoms with van der Waals surface area (Å²) in [6.07, 6.45) is 1.17. The number of hydrogen-bond acceptors (Lipinski definition) is 5. The second-order valence-corrected chi connectivity index (χ2v) is 6.41. The van der Waals surface area contributed by atoms with Gasteiger partial charge in [0.2, 0.25) is 0 Å². The summed E-state index contributed by atoms with van der Waals surface area (Å²) in [6.45, 7) is 10.7. The van der Waals surface area contributed by atoms with Crippen LogP contribution in [0.2, 0.25) is 0 Å². The first-order valence-corrected chi connectivity index (χ1v) is 7.49. The van der Waals surface area contributed by atoms with Crippen molar-refractivity contribution < 1.29 is 9.53 Å². The molecule has 2 rings (SSSR count). The summed E-state index contributed by atoms with van der Waals surface area (Å²) >= 11 is 0. The quantitative estimate of drug-likeness (QED) is 0.676. The van der Waals surface area contributed by atoms with Crippen LogP contribution in [0.25, 0.3) is 0 Å². The zero-order valence-electron chi connectivity index (χ0n) is 14.2. The number of H-pyrrole nitrogens is 2. The van der Waals surface area contributed by atoms with Crippen molar-refractivity contribution in [2.45, 2.75) is 53.3 Å². The predicted molar refractivity (Wildman–Crippen MR) is 87.0 cm³/mol. The van der Waals surface area contributed by atoms with Gasteiger partial charge in [0.05, 0.1) is 11.9 Å². The smallest absolute Gasteiger partial charge is 0.413 e. The average Bonchev–Trinajstić information content (AvgIpc) is 2.97. The molecule has 0 saturated heterocycles. The largest absolute Gasteiger partial charge is 0.444 e. The van der Waals surface area contributed by atoms with Crippen molar-refractivity contribution in [1.29, 1.82) is 0 Å². The lowest BCUT2D eigenvalue weighted by molar-refractivity contribution is 0.0635. The maximum Gasteiger partial charge on any atom is 0.413 e. The first-order chi connectivity index (χ1) is 10.8. The molecular formula is C15H24N6O2. The molecule has 0 aliphatic rings. The fourth-order valence-electron chi connectivity index (χ4n) is 2.12. The van der Waals surface area contributed by atoms with Gasteiger partial charge >= 0.3 is 6.09 Å². The van der Waals surface area contributed by atoms with Crippen LogP contribution >= 0.6 is 0 Å². The van der Waals surface area contributed by atoms with Gasteiger partial charge in [0.15, 0.2) is 0 Å². The molecule has 8 nitrogen and oxygen atoms in total. The van der Waals surface area contributed by atoms with E-state index in [2.05, 4.69) is 31.0 Å². The summed E-state index contributed by atoms with van der Waals surface area (Å²) in [5, 5.41) is 19.9. The fraction of sp³-hybridized carbons (Fsp3) is 0.533. The third-order valence-electron chi connectivity index (χ3n) is 3.24. The molecule has 0 radical (unpaired) electrons. The number of aromatic amines is 2. The minimum absolute atomic E-state index is 0.510. The summed E-state index contributed by atoms with van der Waals surface area (Å²) in [5.41, 5.74) is 3.49. The number of rotatable bonds is 5. The van der Waals surface area contributed by atoms with Crippen LogP contribution in [0, 0.1) is 13.8 Å². The van der Waals surface area contributed by atoms with Crippen LogP contribution in [0.4, 0.5) is 10.6 Å². The maximum absolute atomic E-state index is 11.8. The van der Waals surface area contributed by atoms with Crippen LogP contribution in [-0.4, -0.2) is 32.1 Å². The number of hydrogen-bond donors (Lipinski definition) is 4. The van der Waals surface area contributed by atoms with Gasteiger partial charge in [0, 0.05) is 29.9 Å². The number of ether oxygens (including phenoxy) is 1. The number of aryl methyl sites for hydroxylation is 2. The molecule has 2 heterocycles. The molecule has 0 aliphatic heterocycles. The van der Waals surface area contributed by atoms with Gasteiger partial charge in [-0.1, -0.05) is 0 Å². The van der Waals surface area contributed by atoms with Crippen LogP contribution in [0.1, 0.15) is 43.3 Å². The lowest BCUT2D eigenvalue weighted by Crippen LogP contribution is -2.27. The molecule has 0 fully saturated rings. The fourth-order valence-corrected chi connectivity index (χ4v) is 2.12. The standard InChI is InChI=1S/C15H24N6O2/c1-9-12(10(2)20-19-9)8-16-6-11-7-17-21-13(11)18-14(22)23-15(3,4)5/h7,16H,6,8H2,1-5H3,(H,19,20)(H2,17,18,21,22). The SMILES string of the molecule is Cc1n[nH]c(C)c1CNCc1cn[nH]c1NC(=O)OC(C)(C)C. The molecule has 23 heavy (non-hydrogen) atoms. The first-order valence-electron chi connectivity index (χ1n) is 7.49. The Labute approximate surface area is 135 Å². The highest BCUT2D eigenvalue weighted by atomic mass is 16.6. The Morgan fingerprint density at radius 1 is 1.26 bits per heavy atom. The number of nitrogens with zero attached hydrogens (tertiary/aromatic N) is 2. The second-order valence-electron chi connectivity index (χ2n) is 6.41. The van der Waals surface area contributed by atoms with Crippen molar-refractivity contribution in [2.75, 3.05) is 5.32 Å². The van der Waals surface area contributed by atoms with Gasteiger partial charge < -0.3 is 10.1 Å². The van der Waals surface area contributed by atoms with E-state index >= 15 is 0 Å². The van der Waals surface area contributed by atoms with Crippen LogP contribution in [0.3, 0.4) is 0 Å². The summed E-state index contributed by atoms with van der Waals surface area (Å²) in [4.78, 5) is 11.8. The Bertz CT molecular complexity index is 648. The summed E-state index contributed by atoms with van der Waals surface area (Å²) in [7, 11) is 0. The molecule has 0 unspecified atom stereocenters. The van der Waals surface area contributed by atoms with Crippen LogP contribution in [-0.2, 0) is 17.8 Å². The first kappa shape index (κ1) is 17.0. The molecule has 2 aromatic heterocycles. The molecule has 0 aliphatic carbocycles. The van der Waals surface area contributed by atoms with E-state index in [1.807, 2.05) is 34.6 Å². The van der Waals surface area contributed by atoms with Gasteiger partial charge in [0.1, 0.15) is 11.4 Å². The van der Waals surface area contributed by atoms with Crippen molar-refractivity contribution in [2.24, 2.45) is 0 Å².